The summed E-state index contributed by atoms with van der Waals surface area (Å²) in [6.45, 7) is 10.1. The molecule has 1 amide bonds. The van der Waals surface area contributed by atoms with Gasteiger partial charge >= 0.3 is 0 Å². The normalized spacial score (nSPS) is 12.8. The summed E-state index contributed by atoms with van der Waals surface area (Å²) in [5, 5.41) is 3.65. The molecule has 0 saturated carbocycles. The van der Waals surface area contributed by atoms with E-state index in [-0.39, 0.29) is 17.5 Å². The van der Waals surface area contributed by atoms with Crippen LogP contribution in [-0.4, -0.2) is 27.7 Å². The van der Waals surface area contributed by atoms with E-state index in [1.54, 1.807) is 0 Å². The number of nitrogens with zero attached hydrogens (tertiary/aromatic N) is 1. The molecule has 0 unspecified atom stereocenters. The number of aryl methyl sites for hydroxylation is 2. The molecule has 7 heteroatoms. The average molecular weight is 354 g/mol. The number of carbonyl (C=O) groups excluding carboxylic acids is 1. The van der Waals surface area contributed by atoms with E-state index >= 15 is 0 Å². The van der Waals surface area contributed by atoms with Gasteiger partial charge in [-0.1, -0.05) is 13.8 Å². The Morgan fingerprint density at radius 1 is 1.35 bits per heavy atom. The number of amides is 1. The highest BCUT2D eigenvalue weighted by molar-refractivity contribution is 7.99. The number of H-pyrrole nitrogens is 1. The summed E-state index contributed by atoms with van der Waals surface area (Å²) < 4.78 is 0. The van der Waals surface area contributed by atoms with E-state index in [1.165, 1.54) is 23.1 Å². The zero-order chi connectivity index (χ0) is 17.1. The number of hydrogen-bond acceptors (Lipinski definition) is 5. The lowest BCUT2D eigenvalue weighted by Crippen LogP contribution is -2.37. The topological polar surface area (TPSA) is 74.8 Å². The summed E-state index contributed by atoms with van der Waals surface area (Å²) in [5.41, 5.74) is 0.908. The van der Waals surface area contributed by atoms with Gasteiger partial charge in [-0.05, 0) is 32.3 Å². The number of nitrogens with one attached hydrogen (secondary N) is 2. The molecule has 0 aliphatic heterocycles. The van der Waals surface area contributed by atoms with Crippen molar-refractivity contribution in [2.75, 3.05) is 5.75 Å². The maximum absolute atomic E-state index is 12.2. The molecule has 0 saturated heterocycles. The van der Waals surface area contributed by atoms with Crippen LogP contribution in [0, 0.1) is 19.8 Å². The number of thioether (sulfide) groups is 1. The Balaban J connectivity index is 1.98. The first-order valence-electron chi connectivity index (χ1n) is 7.65. The number of thiophene rings is 1. The van der Waals surface area contributed by atoms with E-state index in [0.29, 0.717) is 28.6 Å². The van der Waals surface area contributed by atoms with Gasteiger partial charge in [0.05, 0.1) is 16.9 Å². The molecular weight excluding hydrogens is 330 g/mol. The van der Waals surface area contributed by atoms with Gasteiger partial charge in [-0.3, -0.25) is 9.59 Å². The Bertz CT molecular complexity index is 765. The number of fused-ring (bicyclic) bond motifs is 1. The standard InChI is InChI=1S/C16H23N3O2S2/c1-8(2)10(4)17-13(20)7-22-6-12-18-15(21)14-9(3)11(5)23-16(14)19-12/h8,10H,6-7H2,1-5H3,(H,17,20)(H,18,19,21)/t10-/m1/s1. The molecule has 0 fully saturated rings. The molecule has 23 heavy (non-hydrogen) atoms. The fraction of sp³-hybridized carbons (Fsp3) is 0.562. The van der Waals surface area contributed by atoms with Gasteiger partial charge in [-0.2, -0.15) is 0 Å². The fourth-order valence-electron chi connectivity index (χ4n) is 2.07. The van der Waals surface area contributed by atoms with Gasteiger partial charge in [0.1, 0.15) is 10.7 Å². The molecule has 0 bridgehead atoms. The molecule has 126 valence electrons. The van der Waals surface area contributed by atoms with Crippen molar-refractivity contribution >= 4 is 39.2 Å². The molecular formula is C16H23N3O2S2. The molecule has 2 aromatic heterocycles. The van der Waals surface area contributed by atoms with Crippen molar-refractivity contribution in [3.05, 3.63) is 26.6 Å². The van der Waals surface area contributed by atoms with Crippen LogP contribution in [0.5, 0.6) is 0 Å². The molecule has 0 aliphatic carbocycles. The largest absolute Gasteiger partial charge is 0.353 e. The van der Waals surface area contributed by atoms with E-state index in [0.717, 1.165) is 15.3 Å². The minimum atomic E-state index is -0.0923. The van der Waals surface area contributed by atoms with Crippen LogP contribution in [0.25, 0.3) is 10.2 Å². The maximum atomic E-state index is 12.2. The summed E-state index contributed by atoms with van der Waals surface area (Å²) >= 11 is 3.00. The van der Waals surface area contributed by atoms with Gasteiger partial charge < -0.3 is 10.3 Å². The van der Waals surface area contributed by atoms with Crippen molar-refractivity contribution < 1.29 is 4.79 Å². The van der Waals surface area contributed by atoms with Crippen LogP contribution in [0.4, 0.5) is 0 Å². The Hall–Kier alpha value is -1.34. The number of aromatic nitrogens is 2. The SMILES string of the molecule is Cc1sc2nc(CSCC(=O)N[C@H](C)C(C)C)[nH]c(=O)c2c1C. The third-order valence-electron chi connectivity index (χ3n) is 3.95. The number of hydrogen-bond donors (Lipinski definition) is 2. The van der Waals surface area contributed by atoms with Crippen LogP contribution in [-0.2, 0) is 10.5 Å². The Morgan fingerprint density at radius 2 is 2.04 bits per heavy atom. The van der Waals surface area contributed by atoms with E-state index in [9.17, 15) is 9.59 Å². The molecule has 2 N–H and O–H groups in total. The summed E-state index contributed by atoms with van der Waals surface area (Å²) in [4.78, 5) is 33.3. The molecule has 0 radical (unpaired) electrons. The van der Waals surface area contributed by atoms with Crippen molar-refractivity contribution in [3.8, 4) is 0 Å². The van der Waals surface area contributed by atoms with Crippen LogP contribution >= 0.6 is 23.1 Å². The number of carbonyl (C=O) groups is 1. The highest BCUT2D eigenvalue weighted by atomic mass is 32.2. The number of rotatable bonds is 6. The molecule has 0 aromatic carbocycles. The van der Waals surface area contributed by atoms with Gasteiger partial charge in [0.2, 0.25) is 5.91 Å². The van der Waals surface area contributed by atoms with Crippen LogP contribution in [0.1, 0.15) is 37.0 Å². The van der Waals surface area contributed by atoms with Crippen LogP contribution in [0.15, 0.2) is 4.79 Å². The first-order valence-corrected chi connectivity index (χ1v) is 9.62. The maximum Gasteiger partial charge on any atom is 0.259 e. The molecule has 2 heterocycles. The fourth-order valence-corrected chi connectivity index (χ4v) is 3.82. The Labute approximate surface area is 144 Å². The third-order valence-corrected chi connectivity index (χ3v) is 5.99. The van der Waals surface area contributed by atoms with E-state index in [4.69, 9.17) is 0 Å². The Kier molecular flexibility index (Phi) is 5.86. The van der Waals surface area contributed by atoms with Gasteiger partial charge in [0, 0.05) is 10.9 Å². The summed E-state index contributed by atoms with van der Waals surface area (Å²) in [7, 11) is 0. The smallest absolute Gasteiger partial charge is 0.259 e. The predicted octanol–water partition coefficient (Wildman–Crippen LogP) is 3.00. The highest BCUT2D eigenvalue weighted by Crippen LogP contribution is 2.26. The zero-order valence-corrected chi connectivity index (χ0v) is 15.8. The minimum Gasteiger partial charge on any atom is -0.353 e. The second kappa shape index (κ2) is 7.49. The molecule has 2 rings (SSSR count). The minimum absolute atomic E-state index is 0.0161. The van der Waals surface area contributed by atoms with E-state index in [1.807, 2.05) is 20.8 Å². The number of aromatic amines is 1. The second-order valence-electron chi connectivity index (χ2n) is 6.07. The quantitative estimate of drug-likeness (QED) is 0.837. The van der Waals surface area contributed by atoms with Gasteiger partial charge in [0.15, 0.2) is 0 Å². The Morgan fingerprint density at radius 3 is 2.70 bits per heavy atom. The highest BCUT2D eigenvalue weighted by Gasteiger charge is 2.13. The average Bonchev–Trinajstić information content (AvgIpc) is 2.74. The lowest BCUT2D eigenvalue weighted by Gasteiger charge is -2.17. The molecule has 1 atom stereocenters. The second-order valence-corrected chi connectivity index (χ2v) is 8.26. The van der Waals surface area contributed by atoms with E-state index in [2.05, 4.69) is 29.1 Å². The summed E-state index contributed by atoms with van der Waals surface area (Å²) in [5.74, 6) is 1.93. The van der Waals surface area contributed by atoms with Crippen LogP contribution in [0.3, 0.4) is 0 Å². The van der Waals surface area contributed by atoms with Gasteiger partial charge in [-0.15, -0.1) is 23.1 Å². The van der Waals surface area contributed by atoms with Crippen molar-refractivity contribution in [1.29, 1.82) is 0 Å². The molecule has 0 aliphatic rings. The zero-order valence-electron chi connectivity index (χ0n) is 14.1. The monoisotopic (exact) mass is 353 g/mol. The van der Waals surface area contributed by atoms with E-state index < -0.39 is 0 Å². The lowest BCUT2D eigenvalue weighted by molar-refractivity contribution is -0.119. The first kappa shape index (κ1) is 18.0. The third kappa shape index (κ3) is 4.35. The first-order chi connectivity index (χ1) is 10.8. The van der Waals surface area contributed by atoms with Crippen molar-refractivity contribution in [3.63, 3.8) is 0 Å². The summed E-state index contributed by atoms with van der Waals surface area (Å²) in [6, 6.07) is 0.162. The summed E-state index contributed by atoms with van der Waals surface area (Å²) in [6.07, 6.45) is 0. The van der Waals surface area contributed by atoms with Crippen LogP contribution < -0.4 is 10.9 Å². The van der Waals surface area contributed by atoms with Crippen molar-refractivity contribution in [1.82, 2.24) is 15.3 Å². The van der Waals surface area contributed by atoms with Gasteiger partial charge in [-0.25, -0.2) is 4.98 Å². The molecule has 0 spiro atoms. The molecule has 2 aromatic rings. The van der Waals surface area contributed by atoms with Gasteiger partial charge in [0.25, 0.3) is 5.56 Å². The predicted molar refractivity (Wildman–Crippen MR) is 98.3 cm³/mol. The lowest BCUT2D eigenvalue weighted by atomic mass is 10.1. The van der Waals surface area contributed by atoms with Crippen molar-refractivity contribution in [2.24, 2.45) is 5.92 Å². The van der Waals surface area contributed by atoms with Crippen LogP contribution in [0.2, 0.25) is 0 Å². The molecule has 5 nitrogen and oxygen atoms in total. The van der Waals surface area contributed by atoms with Crippen molar-refractivity contribution in [2.45, 2.75) is 46.4 Å².